The van der Waals surface area contributed by atoms with Crippen LogP contribution in [0.15, 0.2) is 54.9 Å². The summed E-state index contributed by atoms with van der Waals surface area (Å²) in [5.41, 5.74) is 2.61. The molecule has 1 aliphatic heterocycles. The molecule has 2 heterocycles. The van der Waals surface area contributed by atoms with Gasteiger partial charge in [0.15, 0.2) is 0 Å². The highest BCUT2D eigenvalue weighted by Gasteiger charge is 2.21. The first kappa shape index (κ1) is 14.2. The van der Waals surface area contributed by atoms with Gasteiger partial charge >= 0.3 is 0 Å². The molecule has 1 aromatic heterocycles. The zero-order valence-electron chi connectivity index (χ0n) is 12.6. The van der Waals surface area contributed by atoms with Crippen molar-refractivity contribution in [3.05, 3.63) is 66.0 Å². The smallest absolute Gasteiger partial charge is 0.0579 e. The fraction of sp³-hybridized carbons (Fsp3) is 0.389. The van der Waals surface area contributed by atoms with Crippen LogP contribution in [-0.4, -0.2) is 36.1 Å². The summed E-state index contributed by atoms with van der Waals surface area (Å²) >= 11 is 0. The third-order valence-electron chi connectivity index (χ3n) is 4.29. The van der Waals surface area contributed by atoms with Gasteiger partial charge in [-0.25, -0.2) is 0 Å². The molecule has 3 heteroatoms. The van der Waals surface area contributed by atoms with Gasteiger partial charge in [-0.05, 0) is 56.2 Å². The lowest BCUT2D eigenvalue weighted by Crippen LogP contribution is -2.42. The number of hydrogen-bond acceptors (Lipinski definition) is 3. The Morgan fingerprint density at radius 1 is 1.00 bits per heavy atom. The molecule has 0 radical (unpaired) electrons. The highest BCUT2D eigenvalue weighted by molar-refractivity contribution is 5.30. The van der Waals surface area contributed by atoms with Crippen LogP contribution in [0.5, 0.6) is 0 Å². The lowest BCUT2D eigenvalue weighted by Gasteiger charge is -2.33. The average molecular weight is 281 g/mol. The Kier molecular flexibility index (Phi) is 4.63. The summed E-state index contributed by atoms with van der Waals surface area (Å²) in [4.78, 5) is 6.55. The summed E-state index contributed by atoms with van der Waals surface area (Å²) < 4.78 is 0. The van der Waals surface area contributed by atoms with E-state index in [1.54, 1.807) is 0 Å². The Morgan fingerprint density at radius 3 is 2.29 bits per heavy atom. The minimum Gasteiger partial charge on any atom is -0.306 e. The number of piperidine rings is 1. The number of rotatable bonds is 4. The predicted molar refractivity (Wildman–Crippen MR) is 86.2 cm³/mol. The summed E-state index contributed by atoms with van der Waals surface area (Å²) in [6, 6.07) is 15.8. The van der Waals surface area contributed by atoms with Crippen LogP contribution in [0.25, 0.3) is 0 Å². The van der Waals surface area contributed by atoms with Crippen molar-refractivity contribution < 1.29 is 0 Å². The van der Waals surface area contributed by atoms with E-state index in [0.29, 0.717) is 6.04 Å². The summed E-state index contributed by atoms with van der Waals surface area (Å²) in [7, 11) is 2.20. The second-order valence-corrected chi connectivity index (χ2v) is 5.87. The predicted octanol–water partition coefficient (Wildman–Crippen LogP) is 2.85. The third kappa shape index (κ3) is 3.69. The van der Waals surface area contributed by atoms with Crippen LogP contribution in [0.3, 0.4) is 0 Å². The van der Waals surface area contributed by atoms with Crippen LogP contribution in [0.2, 0.25) is 0 Å². The molecule has 0 amide bonds. The monoisotopic (exact) mass is 281 g/mol. The van der Waals surface area contributed by atoms with Crippen molar-refractivity contribution >= 4 is 0 Å². The first-order valence-electron chi connectivity index (χ1n) is 7.72. The SMILES string of the molecule is CN1CCC(NC(c2ccccc2)c2ccncc2)CC1. The number of aromatic nitrogens is 1. The fourth-order valence-corrected chi connectivity index (χ4v) is 3.00. The zero-order chi connectivity index (χ0) is 14.5. The van der Waals surface area contributed by atoms with Crippen LogP contribution in [0, 0.1) is 0 Å². The van der Waals surface area contributed by atoms with Crippen LogP contribution < -0.4 is 5.32 Å². The molecule has 3 rings (SSSR count). The van der Waals surface area contributed by atoms with Crippen molar-refractivity contribution in [1.82, 2.24) is 15.2 Å². The molecule has 1 saturated heterocycles. The normalized spacial score (nSPS) is 18.5. The van der Waals surface area contributed by atoms with E-state index in [4.69, 9.17) is 0 Å². The van der Waals surface area contributed by atoms with Crippen molar-refractivity contribution in [1.29, 1.82) is 0 Å². The van der Waals surface area contributed by atoms with Gasteiger partial charge in [-0.2, -0.15) is 0 Å². The van der Waals surface area contributed by atoms with Gasteiger partial charge in [0.1, 0.15) is 0 Å². The number of likely N-dealkylation sites (tertiary alicyclic amines) is 1. The second-order valence-electron chi connectivity index (χ2n) is 5.87. The van der Waals surface area contributed by atoms with E-state index in [1.807, 2.05) is 12.4 Å². The zero-order valence-corrected chi connectivity index (χ0v) is 12.6. The lowest BCUT2D eigenvalue weighted by molar-refractivity contribution is 0.229. The van der Waals surface area contributed by atoms with Gasteiger partial charge in [0.2, 0.25) is 0 Å². The maximum Gasteiger partial charge on any atom is 0.0579 e. The Morgan fingerprint density at radius 2 is 1.62 bits per heavy atom. The van der Waals surface area contributed by atoms with E-state index >= 15 is 0 Å². The number of benzene rings is 1. The van der Waals surface area contributed by atoms with Crippen molar-refractivity contribution in [3.63, 3.8) is 0 Å². The largest absolute Gasteiger partial charge is 0.306 e. The van der Waals surface area contributed by atoms with Crippen molar-refractivity contribution in [3.8, 4) is 0 Å². The second kappa shape index (κ2) is 6.83. The molecule has 1 aliphatic rings. The number of hydrogen-bond donors (Lipinski definition) is 1. The Labute approximate surface area is 127 Å². The van der Waals surface area contributed by atoms with Gasteiger partial charge in [-0.3, -0.25) is 4.98 Å². The molecule has 2 aromatic rings. The van der Waals surface area contributed by atoms with E-state index in [-0.39, 0.29) is 6.04 Å². The van der Waals surface area contributed by atoms with Gasteiger partial charge in [0.05, 0.1) is 6.04 Å². The Balaban J connectivity index is 1.80. The molecular formula is C18H23N3. The topological polar surface area (TPSA) is 28.2 Å². The Bertz CT molecular complexity index is 493. The Hall–Kier alpha value is -1.71. The van der Waals surface area contributed by atoms with Crippen LogP contribution in [0.1, 0.15) is 30.0 Å². The van der Waals surface area contributed by atoms with E-state index in [1.165, 1.54) is 37.1 Å². The summed E-state index contributed by atoms with van der Waals surface area (Å²) in [6.45, 7) is 2.35. The van der Waals surface area contributed by atoms with E-state index in [2.05, 4.69) is 64.7 Å². The quantitative estimate of drug-likeness (QED) is 0.934. The summed E-state index contributed by atoms with van der Waals surface area (Å²) in [6.07, 6.45) is 6.18. The van der Waals surface area contributed by atoms with Crippen LogP contribution in [0.4, 0.5) is 0 Å². The molecule has 21 heavy (non-hydrogen) atoms. The van der Waals surface area contributed by atoms with Gasteiger partial charge in [-0.15, -0.1) is 0 Å². The molecule has 1 atom stereocenters. The molecule has 0 saturated carbocycles. The summed E-state index contributed by atoms with van der Waals surface area (Å²) in [5, 5.41) is 3.85. The van der Waals surface area contributed by atoms with Gasteiger partial charge in [0.25, 0.3) is 0 Å². The van der Waals surface area contributed by atoms with E-state index in [0.717, 1.165) is 0 Å². The summed E-state index contributed by atoms with van der Waals surface area (Å²) in [5.74, 6) is 0. The molecule has 1 N–H and O–H groups in total. The third-order valence-corrected chi connectivity index (χ3v) is 4.29. The molecule has 110 valence electrons. The van der Waals surface area contributed by atoms with Crippen molar-refractivity contribution in [2.24, 2.45) is 0 Å². The average Bonchev–Trinajstić information content (AvgIpc) is 2.56. The minimum atomic E-state index is 0.252. The molecule has 1 fully saturated rings. The molecule has 0 spiro atoms. The van der Waals surface area contributed by atoms with Gasteiger partial charge in [-0.1, -0.05) is 30.3 Å². The van der Waals surface area contributed by atoms with Crippen molar-refractivity contribution in [2.75, 3.05) is 20.1 Å². The molecular weight excluding hydrogens is 258 g/mol. The van der Waals surface area contributed by atoms with E-state index < -0.39 is 0 Å². The fourth-order valence-electron chi connectivity index (χ4n) is 3.00. The highest BCUT2D eigenvalue weighted by Crippen LogP contribution is 2.23. The first-order valence-corrected chi connectivity index (χ1v) is 7.72. The number of nitrogens with one attached hydrogen (secondary N) is 1. The van der Waals surface area contributed by atoms with Gasteiger partial charge < -0.3 is 10.2 Å². The number of nitrogens with zero attached hydrogens (tertiary/aromatic N) is 2. The highest BCUT2D eigenvalue weighted by atomic mass is 15.1. The maximum absolute atomic E-state index is 4.14. The maximum atomic E-state index is 4.14. The van der Waals surface area contributed by atoms with Crippen molar-refractivity contribution in [2.45, 2.75) is 24.9 Å². The lowest BCUT2D eigenvalue weighted by atomic mass is 9.96. The van der Waals surface area contributed by atoms with Crippen LogP contribution in [-0.2, 0) is 0 Å². The molecule has 3 nitrogen and oxygen atoms in total. The van der Waals surface area contributed by atoms with Gasteiger partial charge in [0, 0.05) is 18.4 Å². The van der Waals surface area contributed by atoms with Crippen LogP contribution >= 0.6 is 0 Å². The molecule has 0 bridgehead atoms. The molecule has 0 aliphatic carbocycles. The standard InChI is InChI=1S/C18H23N3/c1-21-13-9-17(10-14-21)20-18(15-5-3-2-4-6-15)16-7-11-19-12-8-16/h2-8,11-12,17-18,20H,9-10,13-14H2,1H3. The molecule has 1 aromatic carbocycles. The first-order chi connectivity index (χ1) is 10.3. The molecule has 1 unspecified atom stereocenters. The number of pyridine rings is 1. The minimum absolute atomic E-state index is 0.252. The van der Waals surface area contributed by atoms with E-state index in [9.17, 15) is 0 Å².